The van der Waals surface area contributed by atoms with Gasteiger partial charge in [0.2, 0.25) is 11.9 Å². The molecule has 0 atom stereocenters. The van der Waals surface area contributed by atoms with E-state index in [2.05, 4.69) is 36.6 Å². The Hall–Kier alpha value is -7.10. The highest BCUT2D eigenvalue weighted by atomic mass is 16.6. The number of carbonyl (C=O) groups is 7. The maximum absolute atomic E-state index is 14.7. The SMILES string of the molecule is CC(C)(C)OC(=O)CC(=NCC[N+](CCN=C(NC(=O)OC(C)(C)C)NC(=O)OC(C)(C)C)(CCN=C(NC(=O)OC(C)(C)C)NC(=O)OC(C)(C)C)CC1=Cc2cccc3cccc(c23)C1=O)NC(=O)OC(C)(C)C. The van der Waals surface area contributed by atoms with Crippen molar-refractivity contribution in [3.8, 4) is 0 Å². The van der Waals surface area contributed by atoms with Crippen LogP contribution in [0, 0.1) is 0 Å². The molecule has 0 heterocycles. The number of hydrogen-bond donors (Lipinski definition) is 5. The van der Waals surface area contributed by atoms with E-state index in [0.29, 0.717) is 11.1 Å². The zero-order valence-corrected chi connectivity index (χ0v) is 47.8. The zero-order valence-electron chi connectivity index (χ0n) is 47.8. The molecule has 0 aliphatic heterocycles. The number of ketones is 1. The first-order valence-electron chi connectivity index (χ1n) is 25.1. The quantitative estimate of drug-likeness (QED) is 0.0413. The number of hydrogen-bond acceptors (Lipinski definition) is 16. The Morgan fingerprint density at radius 3 is 1.21 bits per heavy atom. The van der Waals surface area contributed by atoms with Crippen LogP contribution in [0.25, 0.3) is 16.8 Å². The Morgan fingerprint density at radius 2 is 0.829 bits per heavy atom. The molecular formula is C54H82N9O13+. The summed E-state index contributed by atoms with van der Waals surface area (Å²) in [6.45, 7) is 29.9. The number of amides is 5. The van der Waals surface area contributed by atoms with Crippen LogP contribution in [-0.2, 0) is 33.2 Å². The average Bonchev–Trinajstić information content (AvgIpc) is 3.18. The zero-order chi connectivity index (χ0) is 57.7. The first kappa shape index (κ1) is 63.2. The highest BCUT2D eigenvalue weighted by Crippen LogP contribution is 2.32. The van der Waals surface area contributed by atoms with Crippen molar-refractivity contribution in [2.24, 2.45) is 15.0 Å². The monoisotopic (exact) mass is 1060 g/mol. The fraction of sp³-hybridized carbons (Fsp3) is 0.593. The topological polar surface area (TPSA) is 272 Å². The van der Waals surface area contributed by atoms with E-state index in [4.69, 9.17) is 33.4 Å². The summed E-state index contributed by atoms with van der Waals surface area (Å²) < 4.78 is 32.9. The summed E-state index contributed by atoms with van der Waals surface area (Å²) in [7, 11) is 0. The first-order chi connectivity index (χ1) is 34.7. The van der Waals surface area contributed by atoms with Crippen molar-refractivity contribution in [2.75, 3.05) is 45.8 Å². The van der Waals surface area contributed by atoms with Gasteiger partial charge in [0.1, 0.15) is 52.4 Å². The summed E-state index contributed by atoms with van der Waals surface area (Å²) in [5, 5.41) is 14.3. The summed E-state index contributed by atoms with van der Waals surface area (Å²) in [6, 6.07) is 11.2. The molecule has 0 aromatic heterocycles. The van der Waals surface area contributed by atoms with Crippen LogP contribution in [0.2, 0.25) is 0 Å². The molecule has 1 aliphatic rings. The predicted octanol–water partition coefficient (Wildman–Crippen LogP) is 8.70. The largest absolute Gasteiger partial charge is 0.460 e. The summed E-state index contributed by atoms with van der Waals surface area (Å²) in [5.41, 5.74) is -3.79. The van der Waals surface area contributed by atoms with Crippen molar-refractivity contribution >= 4 is 76.8 Å². The van der Waals surface area contributed by atoms with Gasteiger partial charge in [0.05, 0.1) is 44.8 Å². The van der Waals surface area contributed by atoms with Gasteiger partial charge < -0.3 is 32.9 Å². The normalized spacial score (nSPS) is 13.3. The van der Waals surface area contributed by atoms with Gasteiger partial charge in [0.15, 0.2) is 5.78 Å². The molecule has 76 heavy (non-hydrogen) atoms. The van der Waals surface area contributed by atoms with Gasteiger partial charge in [-0.3, -0.25) is 41.2 Å². The summed E-state index contributed by atoms with van der Waals surface area (Å²) >= 11 is 0. The third-order valence-electron chi connectivity index (χ3n) is 9.73. The van der Waals surface area contributed by atoms with E-state index in [1.165, 1.54) is 0 Å². The van der Waals surface area contributed by atoms with Crippen LogP contribution < -0.4 is 26.6 Å². The van der Waals surface area contributed by atoms with E-state index in [9.17, 15) is 33.6 Å². The van der Waals surface area contributed by atoms with E-state index in [-0.39, 0.29) is 73.8 Å². The number of rotatable bonds is 13. The summed E-state index contributed by atoms with van der Waals surface area (Å²) in [4.78, 5) is 108. The third kappa shape index (κ3) is 24.5. The molecule has 0 saturated carbocycles. The molecule has 22 nitrogen and oxygen atoms in total. The molecule has 420 valence electrons. The number of alkyl carbamates (subject to hydrolysis) is 5. The first-order valence-corrected chi connectivity index (χ1v) is 25.1. The van der Waals surface area contributed by atoms with Crippen LogP contribution in [0.1, 0.15) is 147 Å². The number of nitrogens with one attached hydrogen (secondary N) is 5. The van der Waals surface area contributed by atoms with Crippen molar-refractivity contribution in [3.05, 3.63) is 53.1 Å². The smallest absolute Gasteiger partial charge is 0.414 e. The van der Waals surface area contributed by atoms with Gasteiger partial charge in [0, 0.05) is 10.9 Å². The van der Waals surface area contributed by atoms with Crippen LogP contribution in [0.15, 0.2) is 56.9 Å². The number of esters is 1. The Morgan fingerprint density at radius 1 is 0.474 bits per heavy atom. The van der Waals surface area contributed by atoms with Crippen LogP contribution in [-0.4, -0.2) is 144 Å². The van der Waals surface area contributed by atoms with E-state index >= 15 is 0 Å². The predicted molar refractivity (Wildman–Crippen MR) is 290 cm³/mol. The molecule has 0 bridgehead atoms. The van der Waals surface area contributed by atoms with Gasteiger partial charge in [-0.05, 0) is 142 Å². The van der Waals surface area contributed by atoms with E-state index in [1.54, 1.807) is 137 Å². The number of carbonyl (C=O) groups excluding carboxylic acids is 7. The number of guanidine groups is 2. The molecule has 0 saturated heterocycles. The van der Waals surface area contributed by atoms with Crippen LogP contribution in [0.5, 0.6) is 0 Å². The Kier molecular flexibility index (Phi) is 21.3. The number of quaternary nitrogens is 1. The lowest BCUT2D eigenvalue weighted by molar-refractivity contribution is -0.919. The number of aliphatic imine (C=N–C) groups is 3. The lowest BCUT2D eigenvalue weighted by Crippen LogP contribution is -2.55. The fourth-order valence-corrected chi connectivity index (χ4v) is 7.20. The molecule has 1 aliphatic carbocycles. The number of benzene rings is 2. The van der Waals surface area contributed by atoms with Crippen molar-refractivity contribution in [2.45, 2.75) is 165 Å². The van der Waals surface area contributed by atoms with Crippen molar-refractivity contribution in [1.82, 2.24) is 26.6 Å². The van der Waals surface area contributed by atoms with Crippen molar-refractivity contribution in [1.29, 1.82) is 0 Å². The molecule has 0 fully saturated rings. The molecule has 0 spiro atoms. The summed E-state index contributed by atoms with van der Waals surface area (Å²) in [5.74, 6) is -1.61. The van der Waals surface area contributed by atoms with E-state index in [1.807, 2.05) is 30.3 Å². The highest BCUT2D eigenvalue weighted by molar-refractivity contribution is 6.23. The number of ether oxygens (including phenoxy) is 6. The van der Waals surface area contributed by atoms with Gasteiger partial charge in [-0.2, -0.15) is 0 Å². The lowest BCUT2D eigenvalue weighted by atomic mass is 9.87. The number of Topliss-reactive ketones (excluding diaryl/α,β-unsaturated/α-hetero) is 1. The second kappa shape index (κ2) is 25.6. The second-order valence-electron chi connectivity index (χ2n) is 24.1. The fourth-order valence-electron chi connectivity index (χ4n) is 7.20. The molecule has 0 unspecified atom stereocenters. The van der Waals surface area contributed by atoms with Crippen LogP contribution in [0.4, 0.5) is 24.0 Å². The molecule has 22 heteroatoms. The lowest BCUT2D eigenvalue weighted by Gasteiger charge is -2.39. The minimum atomic E-state index is -0.923. The Balaban J connectivity index is 2.33. The standard InChI is InChI=1S/C54H81N9O13/c1-49(2,3)71-39(64)32-38(58-44(66)72-50(4,5)6)55-25-28-63(33-36-31-35-23-19-21-34-22-20-24-37(40(34)35)41(36)65,29-26-56-42(59-45(67)73-51(7,8)9)60-46(68)74-52(10,11)12)30-27-57-43(61-47(69)75-53(13,14)15)62-48(70)76-54(16,17)18/h19-24,31H,25-30,32-33H2,1-18H3,(H4-,55,56,57,58,59,60,61,62,66,67,68,69,70)/p+1. The van der Waals surface area contributed by atoms with Gasteiger partial charge in [-0.25, -0.2) is 34.0 Å². The molecule has 3 rings (SSSR count). The van der Waals surface area contributed by atoms with Gasteiger partial charge in [-0.1, -0.05) is 36.4 Å². The minimum absolute atomic E-state index is 0.00630. The van der Waals surface area contributed by atoms with Gasteiger partial charge >= 0.3 is 36.4 Å². The minimum Gasteiger partial charge on any atom is -0.460 e. The Labute approximate surface area is 447 Å². The van der Waals surface area contributed by atoms with E-state index in [0.717, 1.165) is 16.3 Å². The highest BCUT2D eigenvalue weighted by Gasteiger charge is 2.34. The van der Waals surface area contributed by atoms with E-state index < -0.39 is 76.5 Å². The number of amidine groups is 1. The maximum atomic E-state index is 14.7. The van der Waals surface area contributed by atoms with Crippen molar-refractivity contribution in [3.63, 3.8) is 0 Å². The molecular weight excluding hydrogens is 983 g/mol. The van der Waals surface area contributed by atoms with Crippen LogP contribution in [0.3, 0.4) is 0 Å². The second-order valence-corrected chi connectivity index (χ2v) is 24.1. The molecule has 5 N–H and O–H groups in total. The molecule has 2 aromatic carbocycles. The Bertz CT molecular complexity index is 2290. The average molecular weight is 1070 g/mol. The van der Waals surface area contributed by atoms with Gasteiger partial charge in [-0.15, -0.1) is 0 Å². The van der Waals surface area contributed by atoms with Crippen LogP contribution >= 0.6 is 0 Å². The third-order valence-corrected chi connectivity index (χ3v) is 9.73. The number of nitrogens with zero attached hydrogens (tertiary/aromatic N) is 4. The van der Waals surface area contributed by atoms with Gasteiger partial charge in [0.25, 0.3) is 0 Å². The molecule has 2 aromatic rings. The molecule has 0 radical (unpaired) electrons. The summed E-state index contributed by atoms with van der Waals surface area (Å²) in [6.07, 6.45) is -3.18. The maximum Gasteiger partial charge on any atom is 0.414 e. The van der Waals surface area contributed by atoms with Crippen molar-refractivity contribution < 1.29 is 66.5 Å². The molecule has 5 amide bonds.